The first-order valence-electron chi connectivity index (χ1n) is 43.3. The van der Waals surface area contributed by atoms with E-state index in [1.165, 1.54) is 42.4 Å². The van der Waals surface area contributed by atoms with Crippen molar-refractivity contribution in [2.24, 2.45) is 0 Å². The van der Waals surface area contributed by atoms with Gasteiger partial charge in [-0.15, -0.1) is 11.3 Å². The van der Waals surface area contributed by atoms with Gasteiger partial charge in [-0.2, -0.15) is 0 Å². The fourth-order valence-electron chi connectivity index (χ4n) is 19.4. The van der Waals surface area contributed by atoms with Crippen molar-refractivity contribution in [3.63, 3.8) is 0 Å². The molecule has 0 aliphatic rings. The molecule has 0 saturated carbocycles. The van der Waals surface area contributed by atoms with Crippen LogP contribution in [0.4, 0.5) is 34.1 Å². The molecule has 26 aromatic rings. The molecule has 0 aliphatic carbocycles. The van der Waals surface area contributed by atoms with E-state index in [0.717, 1.165) is 211 Å². The molecule has 0 aliphatic heterocycles. The summed E-state index contributed by atoms with van der Waals surface area (Å²) in [6.07, 6.45) is 0. The zero-order valence-electron chi connectivity index (χ0n) is 69.1. The number of benzene rings is 20. The van der Waals surface area contributed by atoms with Crippen molar-refractivity contribution in [2.75, 3.05) is 9.80 Å². The number of hydrogen-bond acceptors (Lipinski definition) is 8. The summed E-state index contributed by atoms with van der Waals surface area (Å²) in [6.45, 7) is 0. The summed E-state index contributed by atoms with van der Waals surface area (Å²) in [5.74, 6) is 0. The van der Waals surface area contributed by atoms with Crippen LogP contribution in [-0.4, -0.2) is 0 Å². The van der Waals surface area contributed by atoms with Gasteiger partial charge in [0.15, 0.2) is 0 Å². The summed E-state index contributed by atoms with van der Waals surface area (Å²) in [6, 6.07) is 160. The van der Waals surface area contributed by atoms with Crippen LogP contribution < -0.4 is 9.80 Å². The van der Waals surface area contributed by atoms with Gasteiger partial charge in [0.05, 0.1) is 0 Å². The molecule has 6 heterocycles. The van der Waals surface area contributed by atoms with E-state index in [-0.39, 0.29) is 0 Å². The molecule has 0 fully saturated rings. The molecule has 600 valence electrons. The molecular weight excluding hydrogens is 1580 g/mol. The second-order valence-electron chi connectivity index (χ2n) is 32.8. The minimum absolute atomic E-state index is 0.891. The van der Waals surface area contributed by atoms with Gasteiger partial charge < -0.3 is 31.9 Å². The monoisotopic (exact) mass is 1650 g/mol. The Morgan fingerprint density at radius 3 is 0.766 bits per heavy atom. The lowest BCUT2D eigenvalue weighted by Crippen LogP contribution is -2.09. The third kappa shape index (κ3) is 12.8. The molecule has 0 radical (unpaired) electrons. The number of thiophene rings is 1. The second kappa shape index (κ2) is 30.6. The van der Waals surface area contributed by atoms with Crippen LogP contribution in [0.5, 0.6) is 0 Å². The average molecular weight is 1660 g/mol. The molecule has 0 unspecified atom stereocenters. The molecule has 8 heteroatoms. The second-order valence-corrected chi connectivity index (χ2v) is 33.9. The highest BCUT2D eigenvalue weighted by Crippen LogP contribution is 2.48. The third-order valence-electron chi connectivity index (χ3n) is 25.4. The van der Waals surface area contributed by atoms with Crippen LogP contribution in [0.3, 0.4) is 0 Å². The Morgan fingerprint density at radius 1 is 0.141 bits per heavy atom. The minimum atomic E-state index is 0.891. The lowest BCUT2D eigenvalue weighted by molar-refractivity contribution is 0.668. The van der Waals surface area contributed by atoms with Crippen molar-refractivity contribution in [3.05, 3.63) is 449 Å². The average Bonchev–Trinajstić information content (AvgIpc) is 1.63. The fraction of sp³-hybridized carbons (Fsp3) is 0. The number of anilines is 6. The van der Waals surface area contributed by atoms with Crippen LogP contribution >= 0.6 is 11.3 Å². The lowest BCUT2D eigenvalue weighted by Gasteiger charge is -2.26. The first-order chi connectivity index (χ1) is 63.4. The van der Waals surface area contributed by atoms with Gasteiger partial charge in [0.1, 0.15) is 55.8 Å². The topological polar surface area (TPSA) is 72.2 Å². The van der Waals surface area contributed by atoms with Gasteiger partial charge in [-0.1, -0.05) is 285 Å². The smallest absolute Gasteiger partial charge is 0.136 e. The molecule has 0 spiro atoms. The van der Waals surface area contributed by atoms with Gasteiger partial charge in [-0.3, -0.25) is 0 Å². The Balaban J connectivity index is 0.000000139. The zero-order valence-corrected chi connectivity index (χ0v) is 69.9. The molecule has 0 atom stereocenters. The largest absolute Gasteiger partial charge is 0.456 e. The number of rotatable bonds is 14. The molecule has 0 saturated heterocycles. The summed E-state index contributed by atoms with van der Waals surface area (Å²) in [4.78, 5) is 4.68. The Kier molecular flexibility index (Phi) is 17.7. The van der Waals surface area contributed by atoms with Crippen molar-refractivity contribution >= 4 is 175 Å². The molecule has 0 amide bonds. The van der Waals surface area contributed by atoms with E-state index in [0.29, 0.717) is 0 Å². The quantitative estimate of drug-likeness (QED) is 0.107. The van der Waals surface area contributed by atoms with Crippen molar-refractivity contribution in [1.29, 1.82) is 0 Å². The summed E-state index contributed by atoms with van der Waals surface area (Å²) in [5, 5.41) is 13.9. The maximum Gasteiger partial charge on any atom is 0.136 e. The fourth-order valence-corrected chi connectivity index (χ4v) is 20.5. The van der Waals surface area contributed by atoms with Gasteiger partial charge >= 0.3 is 0 Å². The van der Waals surface area contributed by atoms with Gasteiger partial charge in [-0.05, 0) is 253 Å². The Labute approximate surface area is 739 Å². The van der Waals surface area contributed by atoms with Crippen LogP contribution in [0.1, 0.15) is 0 Å². The van der Waals surface area contributed by atoms with E-state index in [9.17, 15) is 0 Å². The predicted octanol–water partition coefficient (Wildman–Crippen LogP) is 35.5. The Morgan fingerprint density at radius 2 is 0.383 bits per heavy atom. The van der Waals surface area contributed by atoms with E-state index in [2.05, 4.69) is 398 Å². The van der Waals surface area contributed by atoms with Crippen LogP contribution in [-0.2, 0) is 0 Å². The molecule has 6 aromatic heterocycles. The summed E-state index contributed by atoms with van der Waals surface area (Å²) < 4.78 is 33.8. The minimum Gasteiger partial charge on any atom is -0.456 e. The molecule has 0 bridgehead atoms. The van der Waals surface area contributed by atoms with E-state index in [1.807, 2.05) is 72.0 Å². The standard InChI is InChI=1S/C60H37NO3.C60H37NO2S/c1-4-17-53-49(12-1)52-37-43(28-35-56(52)62-53)42-11-7-10-41(36-42)38-22-29-44(30-23-38)61(45-31-24-39(25-32-45)47-15-8-20-57-59(47)50-13-2-5-18-54(50)63-57)46-33-26-40(27-34-46)48-16-9-21-58-60(48)51-14-3-6-19-55(51)64-58;1-4-19-52-49(13-1)58-46(16-8-21-54(58)62-52)39-27-33-44(34-28-39)61(45-35-29-40(30-36-45)47-17-9-22-55-59(47)50-14-2-5-20-53(50)63-55)43-31-25-38(26-32-43)41-11-7-12-42(37-41)48-18-10-24-57-60(48)51-15-3-6-23-56(51)64-57/h2*1-37H. The zero-order chi connectivity index (χ0) is 84.3. The van der Waals surface area contributed by atoms with Gasteiger partial charge in [-0.25, -0.2) is 0 Å². The first kappa shape index (κ1) is 73.9. The van der Waals surface area contributed by atoms with Crippen LogP contribution in [0.2, 0.25) is 0 Å². The summed E-state index contributed by atoms with van der Waals surface area (Å²) in [7, 11) is 0. The molecule has 20 aromatic carbocycles. The molecule has 0 N–H and O–H groups in total. The molecular formula is C120H74N2O5S. The van der Waals surface area contributed by atoms with Crippen LogP contribution in [0.25, 0.3) is 219 Å². The van der Waals surface area contributed by atoms with Crippen molar-refractivity contribution in [1.82, 2.24) is 0 Å². The summed E-state index contributed by atoms with van der Waals surface area (Å²) >= 11 is 1.86. The van der Waals surface area contributed by atoms with E-state index in [4.69, 9.17) is 22.1 Å². The normalized spacial score (nSPS) is 11.8. The Bertz CT molecular complexity index is 8500. The molecule has 26 rings (SSSR count). The van der Waals surface area contributed by atoms with Crippen molar-refractivity contribution < 1.29 is 22.1 Å². The van der Waals surface area contributed by atoms with E-state index >= 15 is 0 Å². The van der Waals surface area contributed by atoms with E-state index in [1.54, 1.807) is 0 Å². The number of hydrogen-bond donors (Lipinski definition) is 0. The number of nitrogens with zero attached hydrogens (tertiary/aromatic N) is 2. The Hall–Kier alpha value is -16.8. The summed E-state index contributed by atoms with van der Waals surface area (Å²) in [5.41, 5.74) is 33.9. The van der Waals surface area contributed by atoms with Crippen LogP contribution in [0, 0.1) is 0 Å². The van der Waals surface area contributed by atoms with Crippen molar-refractivity contribution in [2.45, 2.75) is 0 Å². The maximum absolute atomic E-state index is 6.26. The SMILES string of the molecule is c1cc(-c2ccc(N(c3ccc(-c4cccc5oc6ccccc6c45)cc3)c3ccc(-c4cccc5oc6ccccc6c45)cc3)cc2)cc(-c2ccc3oc4ccccc4c3c2)c1.c1cc(-c2ccc(N(c3ccc(-c4cccc5oc6ccccc6c45)cc3)c3ccc(-c4cccc5oc6ccccc6c45)cc3)cc2)cc(-c2cccc3sc4ccccc4c23)c1. The highest BCUT2D eigenvalue weighted by Gasteiger charge is 2.23. The van der Waals surface area contributed by atoms with Gasteiger partial charge in [0.2, 0.25) is 0 Å². The molecule has 7 nitrogen and oxygen atoms in total. The molecule has 128 heavy (non-hydrogen) atoms. The highest BCUT2D eigenvalue weighted by atomic mass is 32.1. The lowest BCUT2D eigenvalue weighted by atomic mass is 9.96. The number of fused-ring (bicyclic) bond motifs is 18. The number of furan rings is 5. The maximum atomic E-state index is 6.26. The van der Waals surface area contributed by atoms with Crippen LogP contribution in [0.15, 0.2) is 471 Å². The predicted molar refractivity (Wildman–Crippen MR) is 535 cm³/mol. The number of para-hydroxylation sites is 5. The van der Waals surface area contributed by atoms with Gasteiger partial charge in [0.25, 0.3) is 0 Å². The third-order valence-corrected chi connectivity index (χ3v) is 26.6. The highest BCUT2D eigenvalue weighted by molar-refractivity contribution is 7.26. The van der Waals surface area contributed by atoms with E-state index < -0.39 is 0 Å². The van der Waals surface area contributed by atoms with Gasteiger partial charge in [0, 0.05) is 108 Å². The van der Waals surface area contributed by atoms with Crippen molar-refractivity contribution in [3.8, 4) is 89.0 Å². The first-order valence-corrected chi connectivity index (χ1v) is 44.1.